The zero-order valence-electron chi connectivity index (χ0n) is 14.5. The van der Waals surface area contributed by atoms with Crippen LogP contribution in [0.5, 0.6) is 5.75 Å². The van der Waals surface area contributed by atoms with Crippen LogP contribution in [0.2, 0.25) is 5.02 Å². The number of ether oxygens (including phenoxy) is 1. The highest BCUT2D eigenvalue weighted by Gasteiger charge is 2.12. The molecule has 1 N–H and O–H groups in total. The van der Waals surface area contributed by atoms with Gasteiger partial charge in [0.25, 0.3) is 5.91 Å². The number of carbonyl (C=O) groups is 1. The summed E-state index contributed by atoms with van der Waals surface area (Å²) >= 11 is 11.0. The third kappa shape index (κ3) is 5.28. The summed E-state index contributed by atoms with van der Waals surface area (Å²) in [4.78, 5) is 13.7. The van der Waals surface area contributed by atoms with Crippen molar-refractivity contribution in [2.75, 3.05) is 12.4 Å². The Balaban J connectivity index is 1.77. The zero-order chi connectivity index (χ0) is 19.2. The van der Waals surface area contributed by atoms with Crippen LogP contribution >= 0.6 is 39.3 Å². The summed E-state index contributed by atoms with van der Waals surface area (Å²) in [7, 11) is 1.63. The lowest BCUT2D eigenvalue weighted by molar-refractivity contribution is 0.102. The van der Waals surface area contributed by atoms with E-state index in [2.05, 4.69) is 21.2 Å². The lowest BCUT2D eigenvalue weighted by atomic mass is 10.1. The van der Waals surface area contributed by atoms with E-state index in [9.17, 15) is 4.79 Å². The van der Waals surface area contributed by atoms with Crippen LogP contribution in [0.1, 0.15) is 15.9 Å². The third-order valence-electron chi connectivity index (χ3n) is 3.87. The number of benzene rings is 3. The molecule has 0 aliphatic rings. The van der Waals surface area contributed by atoms with Gasteiger partial charge in [-0.2, -0.15) is 0 Å². The van der Waals surface area contributed by atoms with Crippen LogP contribution in [0.4, 0.5) is 5.69 Å². The minimum Gasteiger partial charge on any atom is -0.496 e. The number of thioether (sulfide) groups is 1. The van der Waals surface area contributed by atoms with Crippen molar-refractivity contribution in [3.8, 4) is 5.75 Å². The minimum absolute atomic E-state index is 0.165. The first-order valence-corrected chi connectivity index (χ1v) is 10.3. The maximum absolute atomic E-state index is 12.6. The molecule has 0 heterocycles. The van der Waals surface area contributed by atoms with E-state index in [0.29, 0.717) is 16.3 Å². The predicted octanol–water partition coefficient (Wildman–Crippen LogP) is 6.66. The number of hydrogen-bond acceptors (Lipinski definition) is 3. The van der Waals surface area contributed by atoms with Gasteiger partial charge >= 0.3 is 0 Å². The highest BCUT2D eigenvalue weighted by Crippen LogP contribution is 2.30. The fraction of sp³-hybridized carbons (Fsp3) is 0.0952. The van der Waals surface area contributed by atoms with E-state index in [1.807, 2.05) is 60.7 Å². The van der Waals surface area contributed by atoms with Crippen molar-refractivity contribution in [2.24, 2.45) is 0 Å². The first kappa shape index (κ1) is 19.8. The molecule has 0 saturated carbocycles. The van der Waals surface area contributed by atoms with Gasteiger partial charge in [0.05, 0.1) is 12.8 Å². The molecule has 1 amide bonds. The minimum atomic E-state index is -0.165. The van der Waals surface area contributed by atoms with E-state index < -0.39 is 0 Å². The maximum Gasteiger partial charge on any atom is 0.255 e. The average molecular weight is 463 g/mol. The number of rotatable bonds is 6. The fourth-order valence-electron chi connectivity index (χ4n) is 2.48. The van der Waals surface area contributed by atoms with Gasteiger partial charge in [-0.1, -0.05) is 23.7 Å². The number of para-hydroxylation sites is 1. The van der Waals surface area contributed by atoms with Crippen LogP contribution in [0.15, 0.2) is 76.1 Å². The lowest BCUT2D eigenvalue weighted by Crippen LogP contribution is -2.12. The van der Waals surface area contributed by atoms with Crippen molar-refractivity contribution >= 4 is 50.9 Å². The smallest absolute Gasteiger partial charge is 0.255 e. The molecule has 0 aromatic heterocycles. The number of nitrogens with one attached hydrogen (secondary N) is 1. The van der Waals surface area contributed by atoms with Crippen molar-refractivity contribution in [1.29, 1.82) is 0 Å². The van der Waals surface area contributed by atoms with Gasteiger partial charge in [0, 0.05) is 31.3 Å². The molecule has 3 nitrogen and oxygen atoms in total. The average Bonchev–Trinajstić information content (AvgIpc) is 2.69. The molecular weight excluding hydrogens is 446 g/mol. The van der Waals surface area contributed by atoms with E-state index in [4.69, 9.17) is 16.3 Å². The van der Waals surface area contributed by atoms with Crippen molar-refractivity contribution in [3.63, 3.8) is 0 Å². The molecular formula is C21H17BrClNO2S. The molecule has 0 atom stereocenters. The predicted molar refractivity (Wildman–Crippen MR) is 116 cm³/mol. The van der Waals surface area contributed by atoms with Gasteiger partial charge in [-0.05, 0) is 70.5 Å². The molecule has 138 valence electrons. The summed E-state index contributed by atoms with van der Waals surface area (Å²) in [5.41, 5.74) is 2.27. The molecule has 0 radical (unpaired) electrons. The summed E-state index contributed by atoms with van der Waals surface area (Å²) in [6.07, 6.45) is 0. The molecule has 3 aromatic rings. The third-order valence-corrected chi connectivity index (χ3v) is 5.88. The van der Waals surface area contributed by atoms with E-state index >= 15 is 0 Å². The van der Waals surface area contributed by atoms with Gasteiger partial charge in [0.15, 0.2) is 0 Å². The van der Waals surface area contributed by atoms with Gasteiger partial charge in [-0.15, -0.1) is 11.8 Å². The highest BCUT2D eigenvalue weighted by atomic mass is 79.9. The van der Waals surface area contributed by atoms with Crippen LogP contribution in [0.25, 0.3) is 0 Å². The maximum atomic E-state index is 12.6. The molecule has 3 rings (SSSR count). The molecule has 0 bridgehead atoms. The largest absolute Gasteiger partial charge is 0.496 e. The van der Waals surface area contributed by atoms with Crippen molar-refractivity contribution in [1.82, 2.24) is 0 Å². The topological polar surface area (TPSA) is 38.3 Å². The van der Waals surface area contributed by atoms with Crippen molar-refractivity contribution in [2.45, 2.75) is 10.6 Å². The Morgan fingerprint density at radius 3 is 2.56 bits per heavy atom. The lowest BCUT2D eigenvalue weighted by Gasteiger charge is -2.12. The number of methoxy groups -OCH3 is 1. The normalized spacial score (nSPS) is 10.5. The standard InChI is InChI=1S/C21H17BrClNO2S/c1-26-20-11-6-14(21(25)24-19-5-3-2-4-18(19)22)12-15(20)13-27-17-9-7-16(23)8-10-17/h2-12H,13H2,1H3,(H,24,25). The van der Waals surface area contributed by atoms with E-state index in [-0.39, 0.29) is 5.91 Å². The Labute approximate surface area is 176 Å². The summed E-state index contributed by atoms with van der Waals surface area (Å²) in [6.45, 7) is 0. The van der Waals surface area contributed by atoms with Crippen LogP contribution in [0, 0.1) is 0 Å². The van der Waals surface area contributed by atoms with Gasteiger partial charge in [-0.3, -0.25) is 4.79 Å². The molecule has 0 saturated heterocycles. The number of amides is 1. The monoisotopic (exact) mass is 461 g/mol. The summed E-state index contributed by atoms with van der Waals surface area (Å²) < 4.78 is 6.29. The van der Waals surface area contributed by atoms with E-state index in [1.54, 1.807) is 24.9 Å². The van der Waals surface area contributed by atoms with Crippen LogP contribution in [-0.4, -0.2) is 13.0 Å². The number of hydrogen-bond donors (Lipinski definition) is 1. The fourth-order valence-corrected chi connectivity index (χ4v) is 3.87. The highest BCUT2D eigenvalue weighted by molar-refractivity contribution is 9.10. The number of anilines is 1. The Morgan fingerprint density at radius 1 is 1.11 bits per heavy atom. The molecule has 0 spiro atoms. The second kappa shape index (κ2) is 9.31. The van der Waals surface area contributed by atoms with Gasteiger partial charge in [0.1, 0.15) is 5.75 Å². The first-order chi connectivity index (χ1) is 13.1. The second-order valence-electron chi connectivity index (χ2n) is 5.70. The first-order valence-electron chi connectivity index (χ1n) is 8.18. The van der Waals surface area contributed by atoms with Gasteiger partial charge in [0.2, 0.25) is 0 Å². The summed E-state index contributed by atoms with van der Waals surface area (Å²) in [6, 6.07) is 20.7. The number of carbonyl (C=O) groups excluding carboxylic acids is 1. The number of halogens is 2. The van der Waals surface area contributed by atoms with E-state index in [0.717, 1.165) is 26.4 Å². The Hall–Kier alpha value is -1.95. The Morgan fingerprint density at radius 2 is 1.85 bits per heavy atom. The van der Waals surface area contributed by atoms with E-state index in [1.165, 1.54) is 0 Å². The van der Waals surface area contributed by atoms with Crippen LogP contribution < -0.4 is 10.1 Å². The molecule has 3 aromatic carbocycles. The van der Waals surface area contributed by atoms with Crippen molar-refractivity contribution in [3.05, 3.63) is 87.4 Å². The quantitative estimate of drug-likeness (QED) is 0.416. The SMILES string of the molecule is COc1ccc(C(=O)Nc2ccccc2Br)cc1CSc1ccc(Cl)cc1. The van der Waals surface area contributed by atoms with Crippen LogP contribution in [0.3, 0.4) is 0 Å². The summed E-state index contributed by atoms with van der Waals surface area (Å²) in [5.74, 6) is 1.28. The Bertz CT molecular complexity index is 947. The molecule has 0 aliphatic heterocycles. The molecule has 27 heavy (non-hydrogen) atoms. The molecule has 0 fully saturated rings. The van der Waals surface area contributed by atoms with Crippen molar-refractivity contribution < 1.29 is 9.53 Å². The zero-order valence-corrected chi connectivity index (χ0v) is 17.7. The van der Waals surface area contributed by atoms with Gasteiger partial charge < -0.3 is 10.1 Å². The molecule has 0 unspecified atom stereocenters. The molecule has 0 aliphatic carbocycles. The Kier molecular flexibility index (Phi) is 6.83. The van der Waals surface area contributed by atoms with Crippen LogP contribution in [-0.2, 0) is 5.75 Å². The second-order valence-corrected chi connectivity index (χ2v) is 8.04. The molecule has 6 heteroatoms. The van der Waals surface area contributed by atoms with Gasteiger partial charge in [-0.25, -0.2) is 0 Å². The summed E-state index contributed by atoms with van der Waals surface area (Å²) in [5, 5.41) is 3.63.